The fourth-order valence-electron chi connectivity index (χ4n) is 3.71. The van der Waals surface area contributed by atoms with Crippen LogP contribution in [0, 0.1) is 5.92 Å². The van der Waals surface area contributed by atoms with Crippen molar-refractivity contribution in [2.75, 3.05) is 13.7 Å². The smallest absolute Gasteiger partial charge is 0.375 e. The summed E-state index contributed by atoms with van der Waals surface area (Å²) in [6.45, 7) is 0.703. The van der Waals surface area contributed by atoms with E-state index < -0.39 is 12.6 Å². The van der Waals surface area contributed by atoms with Crippen LogP contribution in [0.15, 0.2) is 0 Å². The van der Waals surface area contributed by atoms with E-state index in [0.717, 1.165) is 25.7 Å². The SMILES string of the molecule is CNC(CCC(F)(F)F)C1CCOC2(CCCC2)C1. The monoisotopic (exact) mass is 279 g/mol. The third-order valence-corrected chi connectivity index (χ3v) is 4.72. The summed E-state index contributed by atoms with van der Waals surface area (Å²) in [6.07, 6.45) is 1.80. The second kappa shape index (κ2) is 6.00. The Morgan fingerprint density at radius 3 is 2.58 bits per heavy atom. The molecule has 2 nitrogen and oxygen atoms in total. The van der Waals surface area contributed by atoms with Crippen LogP contribution in [-0.4, -0.2) is 31.5 Å². The number of alkyl halides is 3. The van der Waals surface area contributed by atoms with E-state index >= 15 is 0 Å². The van der Waals surface area contributed by atoms with E-state index in [9.17, 15) is 13.2 Å². The Bertz CT molecular complexity index is 287. The molecule has 5 heteroatoms. The quantitative estimate of drug-likeness (QED) is 0.848. The average Bonchev–Trinajstić information content (AvgIpc) is 2.77. The van der Waals surface area contributed by atoms with E-state index in [1.165, 1.54) is 12.8 Å². The minimum Gasteiger partial charge on any atom is -0.375 e. The van der Waals surface area contributed by atoms with E-state index in [1.807, 2.05) is 0 Å². The maximum atomic E-state index is 12.4. The third-order valence-electron chi connectivity index (χ3n) is 4.72. The number of nitrogens with one attached hydrogen (secondary N) is 1. The van der Waals surface area contributed by atoms with Crippen LogP contribution >= 0.6 is 0 Å². The van der Waals surface area contributed by atoms with Crippen LogP contribution in [0.2, 0.25) is 0 Å². The first-order chi connectivity index (χ1) is 8.94. The molecule has 1 spiro atoms. The summed E-state index contributed by atoms with van der Waals surface area (Å²) in [5, 5.41) is 3.10. The highest BCUT2D eigenvalue weighted by molar-refractivity contribution is 4.94. The van der Waals surface area contributed by atoms with Gasteiger partial charge in [0, 0.05) is 19.1 Å². The summed E-state index contributed by atoms with van der Waals surface area (Å²) in [7, 11) is 1.78. The van der Waals surface area contributed by atoms with Gasteiger partial charge >= 0.3 is 6.18 Å². The lowest BCUT2D eigenvalue weighted by Crippen LogP contribution is -2.45. The van der Waals surface area contributed by atoms with Crippen molar-refractivity contribution in [1.82, 2.24) is 5.32 Å². The van der Waals surface area contributed by atoms with Crippen LogP contribution in [0.3, 0.4) is 0 Å². The van der Waals surface area contributed by atoms with Crippen molar-refractivity contribution in [1.29, 1.82) is 0 Å². The average molecular weight is 279 g/mol. The molecule has 1 saturated heterocycles. The second-order valence-corrected chi connectivity index (χ2v) is 6.04. The number of halogens is 3. The molecule has 1 saturated carbocycles. The van der Waals surface area contributed by atoms with Crippen molar-refractivity contribution in [3.63, 3.8) is 0 Å². The Balaban J connectivity index is 1.90. The summed E-state index contributed by atoms with van der Waals surface area (Å²) in [6, 6.07) is -0.0389. The fourth-order valence-corrected chi connectivity index (χ4v) is 3.71. The van der Waals surface area contributed by atoms with Crippen molar-refractivity contribution in [2.24, 2.45) is 5.92 Å². The minimum atomic E-state index is -4.05. The summed E-state index contributed by atoms with van der Waals surface area (Å²) >= 11 is 0. The summed E-state index contributed by atoms with van der Waals surface area (Å²) in [4.78, 5) is 0. The van der Waals surface area contributed by atoms with Gasteiger partial charge in [-0.1, -0.05) is 12.8 Å². The first kappa shape index (κ1) is 15.1. The topological polar surface area (TPSA) is 21.3 Å². The van der Waals surface area contributed by atoms with Gasteiger partial charge in [-0.3, -0.25) is 0 Å². The normalized spacial score (nSPS) is 28.7. The molecule has 2 aliphatic rings. The fraction of sp³-hybridized carbons (Fsp3) is 1.00. The molecule has 0 amide bonds. The van der Waals surface area contributed by atoms with Crippen LogP contribution in [-0.2, 0) is 4.74 Å². The number of hydrogen-bond donors (Lipinski definition) is 1. The zero-order valence-electron chi connectivity index (χ0n) is 11.6. The number of rotatable bonds is 4. The molecule has 2 unspecified atom stereocenters. The van der Waals surface area contributed by atoms with Crippen molar-refractivity contribution in [2.45, 2.75) is 69.2 Å². The first-order valence-corrected chi connectivity index (χ1v) is 7.32. The highest BCUT2D eigenvalue weighted by atomic mass is 19.4. The molecule has 2 fully saturated rings. The van der Waals surface area contributed by atoms with Crippen molar-refractivity contribution in [3.8, 4) is 0 Å². The highest BCUT2D eigenvalue weighted by Gasteiger charge is 2.42. The van der Waals surface area contributed by atoms with Gasteiger partial charge in [-0.15, -0.1) is 0 Å². The molecule has 112 valence electrons. The van der Waals surface area contributed by atoms with E-state index in [1.54, 1.807) is 7.05 Å². The molecule has 19 heavy (non-hydrogen) atoms. The molecular formula is C14H24F3NO. The standard InChI is InChI=1S/C14H24F3NO/c1-18-12(4-8-14(15,16)17)11-5-9-19-13(10-11)6-2-3-7-13/h11-12,18H,2-10H2,1H3. The Hall–Kier alpha value is -0.290. The highest BCUT2D eigenvalue weighted by Crippen LogP contribution is 2.43. The first-order valence-electron chi connectivity index (χ1n) is 7.32. The molecule has 2 atom stereocenters. The molecule has 0 radical (unpaired) electrons. The largest absolute Gasteiger partial charge is 0.389 e. The van der Waals surface area contributed by atoms with Gasteiger partial charge in [-0.05, 0) is 45.1 Å². The van der Waals surface area contributed by atoms with Crippen molar-refractivity contribution in [3.05, 3.63) is 0 Å². The van der Waals surface area contributed by atoms with Gasteiger partial charge in [-0.2, -0.15) is 13.2 Å². The van der Waals surface area contributed by atoms with Crippen LogP contribution in [0.25, 0.3) is 0 Å². The van der Waals surface area contributed by atoms with Crippen LogP contribution in [0.4, 0.5) is 13.2 Å². The lowest BCUT2D eigenvalue weighted by atomic mass is 9.79. The van der Waals surface area contributed by atoms with Gasteiger partial charge in [-0.25, -0.2) is 0 Å². The predicted octanol–water partition coefficient (Wildman–Crippen LogP) is 3.66. The van der Waals surface area contributed by atoms with E-state index in [4.69, 9.17) is 4.74 Å². The van der Waals surface area contributed by atoms with Crippen LogP contribution in [0.5, 0.6) is 0 Å². The molecule has 1 aliphatic carbocycles. The summed E-state index contributed by atoms with van der Waals surface area (Å²) < 4.78 is 43.0. The molecule has 0 bridgehead atoms. The van der Waals surface area contributed by atoms with Crippen LogP contribution < -0.4 is 5.32 Å². The van der Waals surface area contributed by atoms with Crippen molar-refractivity contribution < 1.29 is 17.9 Å². The van der Waals surface area contributed by atoms with Crippen molar-refractivity contribution >= 4 is 0 Å². The van der Waals surface area contributed by atoms with Gasteiger partial charge in [0.25, 0.3) is 0 Å². The maximum absolute atomic E-state index is 12.4. The Morgan fingerprint density at radius 2 is 2.00 bits per heavy atom. The van der Waals surface area contributed by atoms with Gasteiger partial charge < -0.3 is 10.1 Å². The molecule has 0 aromatic heterocycles. The summed E-state index contributed by atoms with van der Waals surface area (Å²) in [5.74, 6) is 0.319. The van der Waals surface area contributed by atoms with Gasteiger partial charge in [0.1, 0.15) is 0 Å². The zero-order valence-corrected chi connectivity index (χ0v) is 11.6. The lowest BCUT2D eigenvalue weighted by molar-refractivity contribution is -0.139. The Kier molecular flexibility index (Phi) is 4.77. The lowest BCUT2D eigenvalue weighted by Gasteiger charge is -2.41. The second-order valence-electron chi connectivity index (χ2n) is 6.04. The zero-order chi connectivity index (χ0) is 13.9. The van der Waals surface area contributed by atoms with Crippen LogP contribution in [0.1, 0.15) is 51.4 Å². The molecule has 1 heterocycles. The molecule has 1 N–H and O–H groups in total. The van der Waals surface area contributed by atoms with E-state index in [-0.39, 0.29) is 18.1 Å². The number of ether oxygens (including phenoxy) is 1. The Morgan fingerprint density at radius 1 is 1.32 bits per heavy atom. The molecular weight excluding hydrogens is 255 g/mol. The minimum absolute atomic E-state index is 0.0176. The number of hydrogen-bond acceptors (Lipinski definition) is 2. The van der Waals surface area contributed by atoms with E-state index in [2.05, 4.69) is 5.32 Å². The summed E-state index contributed by atoms with van der Waals surface area (Å²) in [5.41, 5.74) is -0.0176. The molecule has 0 aromatic rings. The third kappa shape index (κ3) is 4.09. The Labute approximate surface area is 113 Å². The molecule has 0 aromatic carbocycles. The van der Waals surface area contributed by atoms with Gasteiger partial charge in [0.05, 0.1) is 5.60 Å². The molecule has 1 aliphatic heterocycles. The van der Waals surface area contributed by atoms with Gasteiger partial charge in [0.2, 0.25) is 0 Å². The maximum Gasteiger partial charge on any atom is 0.389 e. The molecule has 2 rings (SSSR count). The van der Waals surface area contributed by atoms with E-state index in [0.29, 0.717) is 12.5 Å². The van der Waals surface area contributed by atoms with Gasteiger partial charge in [0.15, 0.2) is 0 Å². The predicted molar refractivity (Wildman–Crippen MR) is 68.0 cm³/mol.